The molecular weight excluding hydrogens is 490 g/mol. The topological polar surface area (TPSA) is 79.7 Å². The van der Waals surface area contributed by atoms with Gasteiger partial charge in [-0.3, -0.25) is 9.59 Å². The van der Waals surface area contributed by atoms with E-state index in [0.717, 1.165) is 43.0 Å². The summed E-state index contributed by atoms with van der Waals surface area (Å²) in [4.78, 5) is 29.3. The number of piperidine rings is 1. The van der Waals surface area contributed by atoms with Crippen molar-refractivity contribution in [3.8, 4) is 11.4 Å². The number of aromatic nitrogens is 2. The summed E-state index contributed by atoms with van der Waals surface area (Å²) in [6.45, 7) is 1.38. The summed E-state index contributed by atoms with van der Waals surface area (Å²) in [6, 6.07) is 25.1. The zero-order valence-corrected chi connectivity index (χ0v) is 22.3. The van der Waals surface area contributed by atoms with Gasteiger partial charge in [0.15, 0.2) is 6.61 Å². The molecule has 0 unspecified atom stereocenters. The number of benzene rings is 3. The standard InChI is InChI=1S/C31H33N5O3/c1-34(2)28-5-3-6-29(21-28)39-22-30(37)33-26-11-7-23(8-12-26)24-15-19-35(20-16-24)31(38)25-9-13-27(14-10-25)36-18-4-17-32-36/h3-14,17-18,21,24H,15-16,19-20,22H2,1-2H3,(H,33,37). The molecule has 1 aromatic heterocycles. The van der Waals surface area contributed by atoms with E-state index in [4.69, 9.17) is 4.74 Å². The summed E-state index contributed by atoms with van der Waals surface area (Å²) in [7, 11) is 3.92. The van der Waals surface area contributed by atoms with Crippen molar-refractivity contribution in [1.29, 1.82) is 0 Å². The second-order valence-corrected chi connectivity index (χ2v) is 9.91. The van der Waals surface area contributed by atoms with Crippen molar-refractivity contribution in [2.45, 2.75) is 18.8 Å². The number of carbonyl (C=O) groups is 2. The maximum atomic E-state index is 13.0. The number of hydrogen-bond donors (Lipinski definition) is 1. The van der Waals surface area contributed by atoms with Gasteiger partial charge in [0, 0.05) is 62.6 Å². The first kappa shape index (κ1) is 26.0. The lowest BCUT2D eigenvalue weighted by Crippen LogP contribution is -2.37. The summed E-state index contributed by atoms with van der Waals surface area (Å²) in [5, 5.41) is 7.13. The molecule has 0 atom stereocenters. The van der Waals surface area contributed by atoms with E-state index in [1.54, 1.807) is 10.9 Å². The monoisotopic (exact) mass is 523 g/mol. The van der Waals surface area contributed by atoms with Crippen molar-refractivity contribution in [3.05, 3.63) is 102 Å². The van der Waals surface area contributed by atoms with Crippen molar-refractivity contribution < 1.29 is 14.3 Å². The maximum Gasteiger partial charge on any atom is 0.262 e. The number of anilines is 2. The lowest BCUT2D eigenvalue weighted by Gasteiger charge is -2.32. The van der Waals surface area contributed by atoms with Gasteiger partial charge in [0.2, 0.25) is 0 Å². The summed E-state index contributed by atoms with van der Waals surface area (Å²) >= 11 is 0. The molecule has 1 N–H and O–H groups in total. The molecule has 3 aromatic carbocycles. The Labute approximate surface area is 228 Å². The van der Waals surface area contributed by atoms with Crippen LogP contribution in [0.25, 0.3) is 5.69 Å². The Morgan fingerprint density at radius 2 is 1.72 bits per heavy atom. The fraction of sp³-hybridized carbons (Fsp3) is 0.258. The molecule has 0 saturated carbocycles. The summed E-state index contributed by atoms with van der Waals surface area (Å²) in [6.07, 6.45) is 5.42. The van der Waals surface area contributed by atoms with E-state index in [2.05, 4.69) is 22.5 Å². The molecule has 8 nitrogen and oxygen atoms in total. The molecule has 200 valence electrons. The maximum absolute atomic E-state index is 13.0. The second-order valence-electron chi connectivity index (χ2n) is 9.91. The van der Waals surface area contributed by atoms with E-state index < -0.39 is 0 Å². The number of amides is 2. The predicted molar refractivity (Wildman–Crippen MR) is 153 cm³/mol. The number of ether oxygens (including phenoxy) is 1. The molecule has 1 aliphatic heterocycles. The third-order valence-corrected chi connectivity index (χ3v) is 7.04. The van der Waals surface area contributed by atoms with E-state index in [0.29, 0.717) is 17.2 Å². The van der Waals surface area contributed by atoms with Gasteiger partial charge in [0.05, 0.1) is 5.69 Å². The third-order valence-electron chi connectivity index (χ3n) is 7.04. The first-order valence-corrected chi connectivity index (χ1v) is 13.2. The molecule has 1 aliphatic rings. The van der Waals surface area contributed by atoms with Crippen molar-refractivity contribution in [1.82, 2.24) is 14.7 Å². The van der Waals surface area contributed by atoms with Crippen LogP contribution in [-0.2, 0) is 4.79 Å². The first-order valence-electron chi connectivity index (χ1n) is 13.2. The average molecular weight is 524 g/mol. The largest absolute Gasteiger partial charge is 0.484 e. The Bertz CT molecular complexity index is 1390. The summed E-state index contributed by atoms with van der Waals surface area (Å²) in [5.41, 5.74) is 4.59. The van der Waals surface area contributed by atoms with Crippen LogP contribution in [0.3, 0.4) is 0 Å². The molecule has 0 radical (unpaired) electrons. The Kier molecular flexibility index (Phi) is 7.91. The Morgan fingerprint density at radius 3 is 2.38 bits per heavy atom. The van der Waals surface area contributed by atoms with E-state index in [1.807, 2.05) is 96.8 Å². The predicted octanol–water partition coefficient (Wildman–Crippen LogP) is 4.98. The van der Waals surface area contributed by atoms with E-state index in [9.17, 15) is 9.59 Å². The number of rotatable bonds is 8. The van der Waals surface area contributed by atoms with Gasteiger partial charge in [0.25, 0.3) is 11.8 Å². The molecule has 0 aliphatic carbocycles. The lowest BCUT2D eigenvalue weighted by atomic mass is 9.89. The minimum Gasteiger partial charge on any atom is -0.484 e. The molecule has 0 spiro atoms. The summed E-state index contributed by atoms with van der Waals surface area (Å²) in [5.74, 6) is 0.896. The quantitative estimate of drug-likeness (QED) is 0.353. The highest BCUT2D eigenvalue weighted by atomic mass is 16.5. The normalized spacial score (nSPS) is 13.6. The highest BCUT2D eigenvalue weighted by Crippen LogP contribution is 2.29. The van der Waals surface area contributed by atoms with Gasteiger partial charge >= 0.3 is 0 Å². The van der Waals surface area contributed by atoms with Crippen molar-refractivity contribution in [2.75, 3.05) is 44.0 Å². The number of likely N-dealkylation sites (tertiary alicyclic amines) is 1. The zero-order valence-electron chi connectivity index (χ0n) is 22.3. The minimum absolute atomic E-state index is 0.0584. The van der Waals surface area contributed by atoms with Crippen LogP contribution < -0.4 is 15.0 Å². The molecule has 0 bridgehead atoms. The van der Waals surface area contributed by atoms with Crippen LogP contribution in [0.5, 0.6) is 5.75 Å². The molecule has 39 heavy (non-hydrogen) atoms. The SMILES string of the molecule is CN(C)c1cccc(OCC(=O)Nc2ccc(C3CCN(C(=O)c4ccc(-n5cccn5)cc4)CC3)cc2)c1. The van der Waals surface area contributed by atoms with Gasteiger partial charge in [-0.05, 0) is 78.9 Å². The zero-order chi connectivity index (χ0) is 27.2. The molecule has 2 heterocycles. The minimum atomic E-state index is -0.206. The van der Waals surface area contributed by atoms with Gasteiger partial charge < -0.3 is 19.9 Å². The van der Waals surface area contributed by atoms with Crippen molar-refractivity contribution in [3.63, 3.8) is 0 Å². The van der Waals surface area contributed by atoms with E-state index in [1.165, 1.54) is 5.56 Å². The van der Waals surface area contributed by atoms with Crippen LogP contribution in [-0.4, -0.2) is 60.3 Å². The number of nitrogens with zero attached hydrogens (tertiary/aromatic N) is 4. The van der Waals surface area contributed by atoms with Gasteiger partial charge in [-0.25, -0.2) is 4.68 Å². The number of nitrogens with one attached hydrogen (secondary N) is 1. The molecule has 8 heteroatoms. The molecule has 1 saturated heterocycles. The second kappa shape index (κ2) is 11.9. The highest BCUT2D eigenvalue weighted by Gasteiger charge is 2.24. The number of hydrogen-bond acceptors (Lipinski definition) is 5. The van der Waals surface area contributed by atoms with E-state index in [-0.39, 0.29) is 18.4 Å². The molecule has 4 aromatic rings. The van der Waals surface area contributed by atoms with Crippen molar-refractivity contribution in [2.24, 2.45) is 0 Å². The lowest BCUT2D eigenvalue weighted by molar-refractivity contribution is -0.118. The number of carbonyl (C=O) groups excluding carboxylic acids is 2. The molecule has 1 fully saturated rings. The van der Waals surface area contributed by atoms with Crippen LogP contribution in [0, 0.1) is 0 Å². The fourth-order valence-corrected chi connectivity index (χ4v) is 4.81. The summed E-state index contributed by atoms with van der Waals surface area (Å²) < 4.78 is 7.43. The molecule has 2 amide bonds. The smallest absolute Gasteiger partial charge is 0.262 e. The van der Waals surface area contributed by atoms with Crippen LogP contribution in [0.1, 0.15) is 34.7 Å². The van der Waals surface area contributed by atoms with Gasteiger partial charge in [-0.1, -0.05) is 18.2 Å². The third kappa shape index (κ3) is 6.46. The van der Waals surface area contributed by atoms with E-state index >= 15 is 0 Å². The van der Waals surface area contributed by atoms with Crippen LogP contribution in [0.4, 0.5) is 11.4 Å². The molecular formula is C31H33N5O3. The van der Waals surface area contributed by atoms with Gasteiger partial charge in [-0.2, -0.15) is 5.10 Å². The first-order chi connectivity index (χ1) is 19.0. The molecule has 5 rings (SSSR count). The average Bonchev–Trinajstić information content (AvgIpc) is 3.52. The Morgan fingerprint density at radius 1 is 0.974 bits per heavy atom. The Balaban J connectivity index is 1.09. The Hall–Kier alpha value is -4.59. The fourth-order valence-electron chi connectivity index (χ4n) is 4.81. The highest BCUT2D eigenvalue weighted by molar-refractivity contribution is 5.94. The van der Waals surface area contributed by atoms with Gasteiger partial charge in [0.1, 0.15) is 5.75 Å². The van der Waals surface area contributed by atoms with Crippen LogP contribution in [0.15, 0.2) is 91.3 Å². The van der Waals surface area contributed by atoms with Crippen LogP contribution in [0.2, 0.25) is 0 Å². The van der Waals surface area contributed by atoms with Gasteiger partial charge in [-0.15, -0.1) is 0 Å². The van der Waals surface area contributed by atoms with Crippen LogP contribution >= 0.6 is 0 Å². The van der Waals surface area contributed by atoms with Crippen molar-refractivity contribution >= 4 is 23.2 Å².